The lowest BCUT2D eigenvalue weighted by molar-refractivity contribution is 0.0725. The summed E-state index contributed by atoms with van der Waals surface area (Å²) in [7, 11) is 0. The maximum atomic E-state index is 11.9. The molecular weight excluding hydrogens is 270 g/mol. The van der Waals surface area contributed by atoms with Crippen LogP contribution in [0.15, 0.2) is 18.2 Å². The van der Waals surface area contributed by atoms with Gasteiger partial charge in [0.05, 0.1) is 5.60 Å². The number of hydrogen-bond acceptors (Lipinski definition) is 3. The summed E-state index contributed by atoms with van der Waals surface area (Å²) < 4.78 is 0. The third-order valence-electron chi connectivity index (χ3n) is 2.39. The minimum Gasteiger partial charge on any atom is -0.387 e. The Morgan fingerprint density at radius 3 is 2.72 bits per heavy atom. The van der Waals surface area contributed by atoms with Gasteiger partial charge in [0.25, 0.3) is 5.91 Å². The fourth-order valence-corrected chi connectivity index (χ4v) is 2.62. The number of amides is 1. The van der Waals surface area contributed by atoms with Gasteiger partial charge in [-0.15, -0.1) is 0 Å². The van der Waals surface area contributed by atoms with Crippen molar-refractivity contribution in [3.63, 3.8) is 0 Å². The SMILES string of the molecule is CSCC(C)(O)CNC(=O)c1cc(C)cc(Cl)c1. The summed E-state index contributed by atoms with van der Waals surface area (Å²) in [6.07, 6.45) is 1.91. The van der Waals surface area contributed by atoms with Crippen molar-refractivity contribution in [2.75, 3.05) is 18.6 Å². The Bertz CT molecular complexity index is 415. The molecule has 0 heterocycles. The Labute approximate surface area is 117 Å². The molecule has 2 N–H and O–H groups in total. The van der Waals surface area contributed by atoms with Crippen molar-refractivity contribution in [1.29, 1.82) is 0 Å². The highest BCUT2D eigenvalue weighted by atomic mass is 35.5. The third-order valence-corrected chi connectivity index (χ3v) is 3.52. The predicted molar refractivity (Wildman–Crippen MR) is 77.5 cm³/mol. The van der Waals surface area contributed by atoms with Crippen molar-refractivity contribution >= 4 is 29.3 Å². The van der Waals surface area contributed by atoms with Gasteiger partial charge in [-0.1, -0.05) is 11.6 Å². The van der Waals surface area contributed by atoms with Crippen LogP contribution in [0.4, 0.5) is 0 Å². The van der Waals surface area contributed by atoms with Gasteiger partial charge in [0.1, 0.15) is 0 Å². The van der Waals surface area contributed by atoms with E-state index in [4.69, 9.17) is 11.6 Å². The molecule has 3 nitrogen and oxygen atoms in total. The van der Waals surface area contributed by atoms with E-state index in [2.05, 4.69) is 5.32 Å². The van der Waals surface area contributed by atoms with Gasteiger partial charge in [0.2, 0.25) is 0 Å². The molecule has 1 atom stereocenters. The first-order chi connectivity index (χ1) is 8.34. The van der Waals surface area contributed by atoms with E-state index < -0.39 is 5.60 Å². The summed E-state index contributed by atoms with van der Waals surface area (Å²) >= 11 is 7.44. The van der Waals surface area contributed by atoms with Crippen LogP contribution in [0.3, 0.4) is 0 Å². The lowest BCUT2D eigenvalue weighted by atomic mass is 10.1. The average molecular weight is 288 g/mol. The predicted octanol–water partition coefficient (Wildman–Crippen LogP) is 2.49. The molecule has 1 rings (SSSR count). The van der Waals surface area contributed by atoms with E-state index in [1.54, 1.807) is 25.1 Å². The van der Waals surface area contributed by atoms with Crippen molar-refractivity contribution < 1.29 is 9.90 Å². The Morgan fingerprint density at radius 1 is 1.50 bits per heavy atom. The number of halogens is 1. The quantitative estimate of drug-likeness (QED) is 0.875. The smallest absolute Gasteiger partial charge is 0.251 e. The summed E-state index contributed by atoms with van der Waals surface area (Å²) in [6.45, 7) is 3.80. The molecule has 18 heavy (non-hydrogen) atoms. The van der Waals surface area contributed by atoms with Gasteiger partial charge in [0.15, 0.2) is 0 Å². The highest BCUT2D eigenvalue weighted by Crippen LogP contribution is 2.15. The van der Waals surface area contributed by atoms with E-state index in [9.17, 15) is 9.90 Å². The molecule has 1 aromatic carbocycles. The van der Waals surface area contributed by atoms with E-state index >= 15 is 0 Å². The molecule has 0 spiro atoms. The van der Waals surface area contributed by atoms with Gasteiger partial charge in [-0.3, -0.25) is 4.79 Å². The largest absolute Gasteiger partial charge is 0.387 e. The first kappa shape index (κ1) is 15.3. The number of benzene rings is 1. The van der Waals surface area contributed by atoms with E-state index in [1.165, 1.54) is 11.8 Å². The van der Waals surface area contributed by atoms with Gasteiger partial charge < -0.3 is 10.4 Å². The highest BCUT2D eigenvalue weighted by Gasteiger charge is 2.20. The summed E-state index contributed by atoms with van der Waals surface area (Å²) in [4.78, 5) is 11.9. The standard InChI is InChI=1S/C13H18ClNO2S/c1-9-4-10(6-11(14)5-9)12(16)15-7-13(2,17)8-18-3/h4-6,17H,7-8H2,1-3H3,(H,15,16). The van der Waals surface area contributed by atoms with Crippen molar-refractivity contribution in [3.05, 3.63) is 34.3 Å². The van der Waals surface area contributed by atoms with Crippen LogP contribution in [0.2, 0.25) is 5.02 Å². The highest BCUT2D eigenvalue weighted by molar-refractivity contribution is 7.98. The first-order valence-electron chi connectivity index (χ1n) is 5.61. The fraction of sp³-hybridized carbons (Fsp3) is 0.462. The molecule has 0 aliphatic heterocycles. The number of aryl methyl sites for hydroxylation is 1. The van der Waals surface area contributed by atoms with Gasteiger partial charge in [-0.2, -0.15) is 11.8 Å². The second kappa shape index (κ2) is 6.45. The maximum absolute atomic E-state index is 11.9. The molecule has 0 aromatic heterocycles. The summed E-state index contributed by atoms with van der Waals surface area (Å²) in [5.41, 5.74) is 0.548. The molecule has 1 aromatic rings. The van der Waals surface area contributed by atoms with Crippen LogP contribution in [0.1, 0.15) is 22.8 Å². The number of carbonyl (C=O) groups excluding carboxylic acids is 1. The second-order valence-corrected chi connectivity index (χ2v) is 5.93. The monoisotopic (exact) mass is 287 g/mol. The maximum Gasteiger partial charge on any atom is 0.251 e. The second-order valence-electron chi connectivity index (χ2n) is 4.63. The molecule has 0 aliphatic rings. The van der Waals surface area contributed by atoms with E-state index in [0.717, 1.165) is 5.56 Å². The van der Waals surface area contributed by atoms with Crippen LogP contribution in [-0.2, 0) is 0 Å². The van der Waals surface area contributed by atoms with Crippen LogP contribution in [0, 0.1) is 6.92 Å². The Morgan fingerprint density at radius 2 is 2.17 bits per heavy atom. The number of hydrogen-bond donors (Lipinski definition) is 2. The Balaban J connectivity index is 2.66. The molecule has 1 amide bonds. The van der Waals surface area contributed by atoms with E-state index in [-0.39, 0.29) is 12.5 Å². The van der Waals surface area contributed by atoms with Crippen LogP contribution in [0.25, 0.3) is 0 Å². The van der Waals surface area contributed by atoms with Crippen LogP contribution in [0.5, 0.6) is 0 Å². The van der Waals surface area contributed by atoms with Crippen LogP contribution < -0.4 is 5.32 Å². The Kier molecular flexibility index (Phi) is 5.50. The molecule has 0 radical (unpaired) electrons. The molecule has 5 heteroatoms. The molecule has 1 unspecified atom stereocenters. The summed E-state index contributed by atoms with van der Waals surface area (Å²) in [5, 5.41) is 13.2. The summed E-state index contributed by atoms with van der Waals surface area (Å²) in [5.74, 6) is 0.351. The molecule has 0 saturated carbocycles. The molecule has 0 bridgehead atoms. The number of rotatable bonds is 5. The summed E-state index contributed by atoms with van der Waals surface area (Å²) in [6, 6.07) is 5.18. The molecule has 0 fully saturated rings. The number of aliphatic hydroxyl groups is 1. The van der Waals surface area contributed by atoms with Crippen molar-refractivity contribution in [2.45, 2.75) is 19.4 Å². The molecule has 0 saturated heterocycles. The fourth-order valence-electron chi connectivity index (χ4n) is 1.60. The zero-order chi connectivity index (χ0) is 13.8. The average Bonchev–Trinajstić information content (AvgIpc) is 2.24. The number of carbonyl (C=O) groups is 1. The normalized spacial score (nSPS) is 14.1. The van der Waals surface area contributed by atoms with Crippen LogP contribution in [-0.4, -0.2) is 35.2 Å². The minimum absolute atomic E-state index is 0.220. The topological polar surface area (TPSA) is 49.3 Å². The lowest BCUT2D eigenvalue weighted by Crippen LogP contribution is -2.42. The van der Waals surface area contributed by atoms with Gasteiger partial charge in [0, 0.05) is 22.9 Å². The zero-order valence-electron chi connectivity index (χ0n) is 10.8. The number of thioether (sulfide) groups is 1. The van der Waals surface area contributed by atoms with Crippen molar-refractivity contribution in [3.8, 4) is 0 Å². The molecule has 100 valence electrons. The third kappa shape index (κ3) is 4.88. The van der Waals surface area contributed by atoms with Crippen molar-refractivity contribution in [1.82, 2.24) is 5.32 Å². The van der Waals surface area contributed by atoms with Crippen LogP contribution >= 0.6 is 23.4 Å². The lowest BCUT2D eigenvalue weighted by Gasteiger charge is -2.22. The zero-order valence-corrected chi connectivity index (χ0v) is 12.4. The minimum atomic E-state index is -0.900. The molecule has 0 aliphatic carbocycles. The molecular formula is C13H18ClNO2S. The number of nitrogens with one attached hydrogen (secondary N) is 1. The van der Waals surface area contributed by atoms with E-state index in [1.807, 2.05) is 13.2 Å². The van der Waals surface area contributed by atoms with E-state index in [0.29, 0.717) is 16.3 Å². The van der Waals surface area contributed by atoms with Crippen molar-refractivity contribution in [2.24, 2.45) is 0 Å². The van der Waals surface area contributed by atoms with Gasteiger partial charge in [-0.05, 0) is 43.9 Å². The first-order valence-corrected chi connectivity index (χ1v) is 7.38. The van der Waals surface area contributed by atoms with Gasteiger partial charge >= 0.3 is 0 Å². The van der Waals surface area contributed by atoms with Gasteiger partial charge in [-0.25, -0.2) is 0 Å². The Hall–Kier alpha value is -0.710.